The summed E-state index contributed by atoms with van der Waals surface area (Å²) in [6, 6.07) is 9.35. The van der Waals surface area contributed by atoms with Crippen molar-refractivity contribution in [2.45, 2.75) is 24.0 Å². The molecule has 0 saturated carbocycles. The van der Waals surface area contributed by atoms with Crippen LogP contribution < -0.4 is 0 Å². The summed E-state index contributed by atoms with van der Waals surface area (Å²) in [5.74, 6) is 0. The van der Waals surface area contributed by atoms with Crippen LogP contribution in [0.3, 0.4) is 0 Å². The van der Waals surface area contributed by atoms with Crippen LogP contribution in [0.25, 0.3) is 0 Å². The zero-order valence-electron chi connectivity index (χ0n) is 11.2. The molecule has 1 aromatic carbocycles. The minimum atomic E-state index is -0.210. The van der Waals surface area contributed by atoms with Crippen LogP contribution in [0.4, 0.5) is 0 Å². The zero-order valence-corrected chi connectivity index (χ0v) is 12.0. The Morgan fingerprint density at radius 2 is 1.47 bits per heavy atom. The van der Waals surface area contributed by atoms with Gasteiger partial charge in [-0.05, 0) is 19.3 Å². The van der Waals surface area contributed by atoms with Crippen molar-refractivity contribution in [3.05, 3.63) is 73.9 Å². The topological polar surface area (TPSA) is 17.1 Å². The molecule has 0 atom stereocenters. The van der Waals surface area contributed by atoms with Crippen LogP contribution in [0.1, 0.15) is 29.6 Å². The lowest BCUT2D eigenvalue weighted by Gasteiger charge is -2.29. The Kier molecular flexibility index (Phi) is 6.37. The van der Waals surface area contributed by atoms with Crippen molar-refractivity contribution in [2.24, 2.45) is 0 Å². The van der Waals surface area contributed by atoms with Crippen LogP contribution in [0.15, 0.2) is 68.3 Å². The third-order valence-electron chi connectivity index (χ3n) is 2.87. The van der Waals surface area contributed by atoms with E-state index in [1.807, 2.05) is 48.6 Å². The normalized spacial score (nSPS) is 10.7. The SMILES string of the molecule is C=CCC(CC=C)(CC=C)SC(=O)c1ccccc1. The van der Waals surface area contributed by atoms with Crippen molar-refractivity contribution in [3.63, 3.8) is 0 Å². The summed E-state index contributed by atoms with van der Waals surface area (Å²) in [6.45, 7) is 11.4. The first-order valence-electron chi connectivity index (χ1n) is 6.28. The van der Waals surface area contributed by atoms with E-state index < -0.39 is 0 Å². The molecule has 0 aliphatic carbocycles. The molecule has 0 N–H and O–H groups in total. The molecule has 1 rings (SSSR count). The predicted octanol–water partition coefficient (Wildman–Crippen LogP) is 5.03. The number of carbonyl (C=O) groups is 1. The highest BCUT2D eigenvalue weighted by atomic mass is 32.2. The van der Waals surface area contributed by atoms with Crippen LogP contribution in [0.2, 0.25) is 0 Å². The summed E-state index contributed by atoms with van der Waals surface area (Å²) in [5, 5.41) is 0.0890. The molecule has 0 radical (unpaired) electrons. The first-order chi connectivity index (χ1) is 9.17. The lowest BCUT2D eigenvalue weighted by molar-refractivity contribution is 0.108. The summed E-state index contributed by atoms with van der Waals surface area (Å²) in [6.07, 6.45) is 7.85. The second kappa shape index (κ2) is 7.80. The average molecular weight is 272 g/mol. The molecule has 0 spiro atoms. The Balaban J connectivity index is 2.92. The molecule has 19 heavy (non-hydrogen) atoms. The minimum absolute atomic E-state index is 0.0890. The first-order valence-corrected chi connectivity index (χ1v) is 7.10. The number of hydrogen-bond donors (Lipinski definition) is 0. The Morgan fingerprint density at radius 1 is 1.00 bits per heavy atom. The van der Waals surface area contributed by atoms with E-state index in [2.05, 4.69) is 19.7 Å². The maximum atomic E-state index is 12.3. The van der Waals surface area contributed by atoms with Crippen LogP contribution in [-0.2, 0) is 0 Å². The molecule has 100 valence electrons. The fourth-order valence-electron chi connectivity index (χ4n) is 1.99. The van der Waals surface area contributed by atoms with E-state index in [0.29, 0.717) is 0 Å². The highest BCUT2D eigenvalue weighted by Gasteiger charge is 2.30. The van der Waals surface area contributed by atoms with Crippen molar-refractivity contribution in [1.82, 2.24) is 0 Å². The second-order valence-electron chi connectivity index (χ2n) is 4.42. The molecule has 0 amide bonds. The summed E-state index contributed by atoms with van der Waals surface area (Å²) >= 11 is 1.37. The fraction of sp³-hybridized carbons (Fsp3) is 0.235. The van der Waals surface area contributed by atoms with Crippen LogP contribution >= 0.6 is 11.8 Å². The number of benzene rings is 1. The van der Waals surface area contributed by atoms with Crippen molar-refractivity contribution in [3.8, 4) is 0 Å². The van der Waals surface area contributed by atoms with Crippen LogP contribution in [0.5, 0.6) is 0 Å². The summed E-state index contributed by atoms with van der Waals surface area (Å²) in [4.78, 5) is 12.3. The van der Waals surface area contributed by atoms with Crippen LogP contribution in [-0.4, -0.2) is 9.86 Å². The standard InChI is InChI=1S/C17H20OS/c1-4-12-17(13-5-2,14-6-3)19-16(18)15-10-8-7-9-11-15/h4-11H,1-3,12-14H2. The van der Waals surface area contributed by atoms with Crippen molar-refractivity contribution < 1.29 is 4.79 Å². The van der Waals surface area contributed by atoms with Crippen molar-refractivity contribution in [2.75, 3.05) is 0 Å². The van der Waals surface area contributed by atoms with E-state index >= 15 is 0 Å². The zero-order chi connectivity index (χ0) is 14.1. The maximum Gasteiger partial charge on any atom is 0.219 e. The quantitative estimate of drug-likeness (QED) is 0.618. The number of rotatable bonds is 8. The molecular formula is C17H20OS. The first kappa shape index (κ1) is 15.5. The Hall–Kier alpha value is -1.54. The molecule has 2 heteroatoms. The third kappa shape index (κ3) is 4.56. The van der Waals surface area contributed by atoms with Gasteiger partial charge < -0.3 is 0 Å². The van der Waals surface area contributed by atoms with Gasteiger partial charge >= 0.3 is 0 Å². The second-order valence-corrected chi connectivity index (χ2v) is 5.86. The van der Waals surface area contributed by atoms with Gasteiger partial charge in [0.1, 0.15) is 0 Å². The molecular weight excluding hydrogens is 252 g/mol. The van der Waals surface area contributed by atoms with Crippen molar-refractivity contribution in [1.29, 1.82) is 0 Å². The molecule has 1 aromatic rings. The maximum absolute atomic E-state index is 12.3. The Labute approximate surface area is 120 Å². The summed E-state index contributed by atoms with van der Waals surface area (Å²) in [7, 11) is 0. The van der Waals surface area contributed by atoms with E-state index in [1.54, 1.807) is 0 Å². The summed E-state index contributed by atoms with van der Waals surface area (Å²) in [5.41, 5.74) is 0.731. The molecule has 0 aliphatic heterocycles. The van der Waals surface area contributed by atoms with Gasteiger partial charge in [0.15, 0.2) is 0 Å². The average Bonchev–Trinajstić information content (AvgIpc) is 2.40. The van der Waals surface area contributed by atoms with E-state index in [-0.39, 0.29) is 9.86 Å². The van der Waals surface area contributed by atoms with E-state index in [9.17, 15) is 4.79 Å². The third-order valence-corrected chi connectivity index (χ3v) is 4.22. The predicted molar refractivity (Wildman–Crippen MR) is 85.5 cm³/mol. The van der Waals surface area contributed by atoms with Gasteiger partial charge in [0.25, 0.3) is 0 Å². The molecule has 0 fully saturated rings. The number of thioether (sulfide) groups is 1. The van der Waals surface area contributed by atoms with Gasteiger partial charge in [-0.3, -0.25) is 4.79 Å². The molecule has 0 aromatic heterocycles. The Bertz CT molecular complexity index is 421. The van der Waals surface area contributed by atoms with Gasteiger partial charge in [-0.15, -0.1) is 19.7 Å². The molecule has 0 heterocycles. The van der Waals surface area contributed by atoms with Gasteiger partial charge in [0.05, 0.1) is 0 Å². The number of allylic oxidation sites excluding steroid dienone is 3. The lowest BCUT2D eigenvalue weighted by atomic mass is 9.96. The van der Waals surface area contributed by atoms with E-state index in [4.69, 9.17) is 0 Å². The van der Waals surface area contributed by atoms with Gasteiger partial charge in [0.2, 0.25) is 5.12 Å². The molecule has 1 nitrogen and oxygen atoms in total. The summed E-state index contributed by atoms with van der Waals surface area (Å²) < 4.78 is -0.210. The Morgan fingerprint density at radius 3 is 1.89 bits per heavy atom. The molecule has 0 aliphatic rings. The minimum Gasteiger partial charge on any atom is -0.282 e. The highest BCUT2D eigenvalue weighted by molar-refractivity contribution is 8.15. The van der Waals surface area contributed by atoms with Crippen molar-refractivity contribution >= 4 is 16.9 Å². The highest BCUT2D eigenvalue weighted by Crippen LogP contribution is 2.39. The molecule has 0 bridgehead atoms. The number of carbonyl (C=O) groups excluding carboxylic acids is 1. The van der Waals surface area contributed by atoms with Gasteiger partial charge in [-0.25, -0.2) is 0 Å². The molecule has 0 unspecified atom stereocenters. The fourth-order valence-corrected chi connectivity index (χ4v) is 3.24. The van der Waals surface area contributed by atoms with Gasteiger partial charge in [-0.2, -0.15) is 0 Å². The van der Waals surface area contributed by atoms with Crippen LogP contribution in [0, 0.1) is 0 Å². The largest absolute Gasteiger partial charge is 0.282 e. The number of hydrogen-bond acceptors (Lipinski definition) is 2. The monoisotopic (exact) mass is 272 g/mol. The van der Waals surface area contributed by atoms with Gasteiger partial charge in [-0.1, -0.05) is 60.3 Å². The lowest BCUT2D eigenvalue weighted by Crippen LogP contribution is -2.24. The van der Waals surface area contributed by atoms with E-state index in [1.165, 1.54) is 11.8 Å². The van der Waals surface area contributed by atoms with Gasteiger partial charge in [0, 0.05) is 10.3 Å². The smallest absolute Gasteiger partial charge is 0.219 e. The molecule has 0 saturated heterocycles. The van der Waals surface area contributed by atoms with E-state index in [0.717, 1.165) is 24.8 Å².